The topological polar surface area (TPSA) is 41.1 Å². The standard InChI is InChI=1S/C11H20N4S/c1-9(2)11-14-13-10(16-11)3-6-15-7-4-12-5-8-15/h9,12H,3-8H2,1-2H3. The summed E-state index contributed by atoms with van der Waals surface area (Å²) in [5.41, 5.74) is 0. The summed E-state index contributed by atoms with van der Waals surface area (Å²) in [6, 6.07) is 0. The first-order chi connectivity index (χ1) is 7.75. The molecule has 0 saturated carbocycles. The SMILES string of the molecule is CC(C)c1nnc(CCN2CCNCC2)s1. The van der Waals surface area contributed by atoms with E-state index >= 15 is 0 Å². The van der Waals surface area contributed by atoms with Crippen molar-refractivity contribution < 1.29 is 0 Å². The first kappa shape index (κ1) is 12.0. The van der Waals surface area contributed by atoms with Crippen LogP contribution in [0.25, 0.3) is 0 Å². The van der Waals surface area contributed by atoms with Gasteiger partial charge in [-0.15, -0.1) is 21.5 Å². The third-order valence-corrected chi connectivity index (χ3v) is 4.11. The fraction of sp³-hybridized carbons (Fsp3) is 0.818. The molecule has 1 aliphatic rings. The Balaban J connectivity index is 1.79. The molecule has 0 aromatic carbocycles. The third kappa shape index (κ3) is 3.23. The molecule has 1 aliphatic heterocycles. The third-order valence-electron chi connectivity index (χ3n) is 2.83. The molecule has 0 amide bonds. The van der Waals surface area contributed by atoms with Gasteiger partial charge in [0.2, 0.25) is 0 Å². The van der Waals surface area contributed by atoms with E-state index in [2.05, 4.69) is 34.3 Å². The Bertz CT molecular complexity index is 318. The van der Waals surface area contributed by atoms with Crippen LogP contribution in [0.1, 0.15) is 29.8 Å². The zero-order chi connectivity index (χ0) is 11.4. The van der Waals surface area contributed by atoms with E-state index in [1.165, 1.54) is 5.01 Å². The Kier molecular flexibility index (Phi) is 4.26. The Morgan fingerprint density at radius 1 is 1.31 bits per heavy atom. The minimum Gasteiger partial charge on any atom is -0.314 e. The molecule has 5 heteroatoms. The van der Waals surface area contributed by atoms with Crippen molar-refractivity contribution >= 4 is 11.3 Å². The van der Waals surface area contributed by atoms with E-state index < -0.39 is 0 Å². The molecule has 0 aliphatic carbocycles. The van der Waals surface area contributed by atoms with Gasteiger partial charge in [-0.05, 0) is 0 Å². The van der Waals surface area contributed by atoms with Crippen LogP contribution >= 0.6 is 11.3 Å². The summed E-state index contributed by atoms with van der Waals surface area (Å²) in [6.07, 6.45) is 1.05. The fourth-order valence-corrected chi connectivity index (χ4v) is 2.62. The predicted octanol–water partition coefficient (Wildman–Crippen LogP) is 1.11. The predicted molar refractivity (Wildman–Crippen MR) is 67.0 cm³/mol. The molecule has 0 unspecified atom stereocenters. The maximum absolute atomic E-state index is 4.25. The molecule has 16 heavy (non-hydrogen) atoms. The lowest BCUT2D eigenvalue weighted by molar-refractivity contribution is 0.243. The van der Waals surface area contributed by atoms with Gasteiger partial charge in [0, 0.05) is 45.1 Å². The van der Waals surface area contributed by atoms with Crippen molar-refractivity contribution in [1.82, 2.24) is 20.4 Å². The highest BCUT2D eigenvalue weighted by Crippen LogP contribution is 2.19. The van der Waals surface area contributed by atoms with E-state index in [4.69, 9.17) is 0 Å². The molecule has 0 radical (unpaired) electrons. The summed E-state index contributed by atoms with van der Waals surface area (Å²) in [5.74, 6) is 0.505. The van der Waals surface area contributed by atoms with Crippen molar-refractivity contribution in [2.45, 2.75) is 26.2 Å². The molecule has 0 spiro atoms. The van der Waals surface area contributed by atoms with Crippen LogP contribution in [0.5, 0.6) is 0 Å². The van der Waals surface area contributed by atoms with Gasteiger partial charge >= 0.3 is 0 Å². The van der Waals surface area contributed by atoms with Gasteiger partial charge in [0.1, 0.15) is 10.0 Å². The molecule has 1 N–H and O–H groups in total. The zero-order valence-electron chi connectivity index (χ0n) is 10.1. The number of nitrogens with zero attached hydrogens (tertiary/aromatic N) is 3. The Hall–Kier alpha value is -0.520. The van der Waals surface area contributed by atoms with Crippen molar-refractivity contribution in [3.05, 3.63) is 10.0 Å². The van der Waals surface area contributed by atoms with Crippen molar-refractivity contribution in [3.63, 3.8) is 0 Å². The van der Waals surface area contributed by atoms with Gasteiger partial charge in [-0.3, -0.25) is 0 Å². The molecular weight excluding hydrogens is 220 g/mol. The molecule has 4 nitrogen and oxygen atoms in total. The first-order valence-electron chi connectivity index (χ1n) is 6.01. The van der Waals surface area contributed by atoms with Crippen LogP contribution in [0.2, 0.25) is 0 Å². The summed E-state index contributed by atoms with van der Waals surface area (Å²) in [5, 5.41) is 14.2. The summed E-state index contributed by atoms with van der Waals surface area (Å²) >= 11 is 1.77. The molecule has 1 saturated heterocycles. The minimum atomic E-state index is 0.505. The van der Waals surface area contributed by atoms with Crippen LogP contribution in [0.3, 0.4) is 0 Å². The molecular formula is C11H20N4S. The highest BCUT2D eigenvalue weighted by Gasteiger charge is 2.11. The number of hydrogen-bond donors (Lipinski definition) is 1. The summed E-state index contributed by atoms with van der Waals surface area (Å²) in [6.45, 7) is 10.0. The molecule has 2 rings (SSSR count). The lowest BCUT2D eigenvalue weighted by Gasteiger charge is -2.26. The van der Waals surface area contributed by atoms with E-state index in [0.29, 0.717) is 5.92 Å². The van der Waals surface area contributed by atoms with E-state index in [9.17, 15) is 0 Å². The number of hydrogen-bond acceptors (Lipinski definition) is 5. The van der Waals surface area contributed by atoms with Crippen LogP contribution in [0, 0.1) is 0 Å². The molecule has 2 heterocycles. The normalized spacial score (nSPS) is 18.2. The second kappa shape index (κ2) is 5.70. The fourth-order valence-electron chi connectivity index (χ4n) is 1.79. The van der Waals surface area contributed by atoms with Gasteiger partial charge in [-0.2, -0.15) is 0 Å². The number of rotatable bonds is 4. The largest absolute Gasteiger partial charge is 0.314 e. The number of piperazine rings is 1. The number of aromatic nitrogens is 2. The maximum Gasteiger partial charge on any atom is 0.119 e. The highest BCUT2D eigenvalue weighted by molar-refractivity contribution is 7.11. The van der Waals surface area contributed by atoms with Crippen LogP contribution in [-0.4, -0.2) is 47.8 Å². The average Bonchev–Trinajstić information content (AvgIpc) is 2.76. The van der Waals surface area contributed by atoms with E-state index in [1.54, 1.807) is 11.3 Å². The Labute approximate surface area is 101 Å². The maximum atomic E-state index is 4.25. The molecule has 1 fully saturated rings. The summed E-state index contributed by atoms with van der Waals surface area (Å²) in [7, 11) is 0. The van der Waals surface area contributed by atoms with Gasteiger partial charge in [-0.1, -0.05) is 13.8 Å². The van der Waals surface area contributed by atoms with Crippen LogP contribution in [0.15, 0.2) is 0 Å². The van der Waals surface area contributed by atoms with Crippen LogP contribution < -0.4 is 5.32 Å². The second-order valence-corrected chi connectivity index (χ2v) is 5.62. The highest BCUT2D eigenvalue weighted by atomic mass is 32.1. The molecule has 90 valence electrons. The molecule has 1 aromatic heterocycles. The molecule has 1 aromatic rings. The number of nitrogens with one attached hydrogen (secondary N) is 1. The monoisotopic (exact) mass is 240 g/mol. The zero-order valence-corrected chi connectivity index (χ0v) is 10.9. The Morgan fingerprint density at radius 2 is 2.06 bits per heavy atom. The van der Waals surface area contributed by atoms with E-state index in [1.807, 2.05) is 0 Å². The summed E-state index contributed by atoms with van der Waals surface area (Å²) in [4.78, 5) is 2.49. The first-order valence-corrected chi connectivity index (χ1v) is 6.82. The van der Waals surface area contributed by atoms with E-state index in [-0.39, 0.29) is 0 Å². The second-order valence-electron chi connectivity index (χ2n) is 4.53. The van der Waals surface area contributed by atoms with Gasteiger partial charge in [-0.25, -0.2) is 0 Å². The van der Waals surface area contributed by atoms with Crippen LogP contribution in [-0.2, 0) is 6.42 Å². The van der Waals surface area contributed by atoms with Gasteiger partial charge < -0.3 is 10.2 Å². The van der Waals surface area contributed by atoms with Gasteiger partial charge in [0.25, 0.3) is 0 Å². The van der Waals surface area contributed by atoms with Gasteiger partial charge in [0.15, 0.2) is 0 Å². The quantitative estimate of drug-likeness (QED) is 0.856. The van der Waals surface area contributed by atoms with Crippen molar-refractivity contribution in [2.75, 3.05) is 32.7 Å². The van der Waals surface area contributed by atoms with Gasteiger partial charge in [0.05, 0.1) is 0 Å². The van der Waals surface area contributed by atoms with Crippen molar-refractivity contribution in [1.29, 1.82) is 0 Å². The smallest absolute Gasteiger partial charge is 0.119 e. The van der Waals surface area contributed by atoms with Crippen molar-refractivity contribution in [3.8, 4) is 0 Å². The lowest BCUT2D eigenvalue weighted by atomic mass is 10.2. The Morgan fingerprint density at radius 3 is 2.69 bits per heavy atom. The lowest BCUT2D eigenvalue weighted by Crippen LogP contribution is -2.44. The van der Waals surface area contributed by atoms with Crippen LogP contribution in [0.4, 0.5) is 0 Å². The van der Waals surface area contributed by atoms with E-state index in [0.717, 1.165) is 44.2 Å². The van der Waals surface area contributed by atoms with Crippen molar-refractivity contribution in [2.24, 2.45) is 0 Å². The molecule has 0 bridgehead atoms. The minimum absolute atomic E-state index is 0.505. The summed E-state index contributed by atoms with van der Waals surface area (Å²) < 4.78 is 0. The molecule has 0 atom stereocenters. The average molecular weight is 240 g/mol.